The summed E-state index contributed by atoms with van der Waals surface area (Å²) in [5, 5.41) is 11.4. The second-order valence-corrected chi connectivity index (χ2v) is 8.02. The molecule has 0 bridgehead atoms. The number of nitrogens with one attached hydrogen (secondary N) is 1. The minimum atomic E-state index is -0.653. The molecule has 2 amide bonds. The van der Waals surface area contributed by atoms with E-state index >= 15 is 0 Å². The Balaban J connectivity index is 1.69. The molecule has 9 heteroatoms. The van der Waals surface area contributed by atoms with E-state index in [1.807, 2.05) is 6.07 Å². The fraction of sp³-hybridized carbons (Fsp3) is 0.364. The highest BCUT2D eigenvalue weighted by Crippen LogP contribution is 2.27. The van der Waals surface area contributed by atoms with E-state index < -0.39 is 29.5 Å². The third-order valence-corrected chi connectivity index (χ3v) is 4.45. The number of hydrogen-bond acceptors (Lipinski definition) is 6. The van der Waals surface area contributed by atoms with Gasteiger partial charge in [0, 0.05) is 12.7 Å². The van der Waals surface area contributed by atoms with Crippen LogP contribution in [0.2, 0.25) is 0 Å². The van der Waals surface area contributed by atoms with Crippen molar-refractivity contribution in [1.82, 2.24) is 9.88 Å². The van der Waals surface area contributed by atoms with Gasteiger partial charge in [-0.3, -0.25) is 9.78 Å². The third-order valence-electron chi connectivity index (χ3n) is 4.45. The zero-order valence-corrected chi connectivity index (χ0v) is 17.5. The van der Waals surface area contributed by atoms with Crippen molar-refractivity contribution in [2.45, 2.75) is 32.5 Å². The van der Waals surface area contributed by atoms with Crippen LogP contribution < -0.4 is 5.32 Å². The Morgan fingerprint density at radius 1 is 1.32 bits per heavy atom. The van der Waals surface area contributed by atoms with Gasteiger partial charge < -0.3 is 19.7 Å². The first-order valence-corrected chi connectivity index (χ1v) is 9.73. The third kappa shape index (κ3) is 5.77. The molecule has 1 aliphatic rings. The van der Waals surface area contributed by atoms with Crippen LogP contribution in [-0.4, -0.2) is 47.2 Å². The van der Waals surface area contributed by atoms with Gasteiger partial charge in [0.2, 0.25) is 0 Å². The molecule has 2 aromatic rings. The van der Waals surface area contributed by atoms with E-state index in [1.54, 1.807) is 26.8 Å². The average molecular weight is 426 g/mol. The van der Waals surface area contributed by atoms with Gasteiger partial charge in [0.1, 0.15) is 23.2 Å². The van der Waals surface area contributed by atoms with E-state index in [0.29, 0.717) is 18.7 Å². The molecule has 1 aromatic heterocycles. The van der Waals surface area contributed by atoms with Gasteiger partial charge >= 0.3 is 6.09 Å². The number of carbonyl (C=O) groups is 2. The molecule has 1 fully saturated rings. The quantitative estimate of drug-likeness (QED) is 0.803. The highest BCUT2D eigenvalue weighted by molar-refractivity contribution is 6.03. The van der Waals surface area contributed by atoms with Crippen molar-refractivity contribution in [3.05, 3.63) is 59.2 Å². The van der Waals surface area contributed by atoms with Crippen molar-refractivity contribution in [3.63, 3.8) is 0 Å². The van der Waals surface area contributed by atoms with Gasteiger partial charge in [-0.05, 0) is 50.6 Å². The first-order valence-electron chi connectivity index (χ1n) is 9.73. The predicted molar refractivity (Wildman–Crippen MR) is 110 cm³/mol. The van der Waals surface area contributed by atoms with E-state index in [1.165, 1.54) is 35.4 Å². The molecule has 0 spiro atoms. The number of halogens is 1. The second-order valence-electron chi connectivity index (χ2n) is 8.02. The van der Waals surface area contributed by atoms with E-state index in [9.17, 15) is 14.0 Å². The molecule has 1 aromatic carbocycles. The molecule has 0 aliphatic carbocycles. The molecule has 1 atom stereocenters. The minimum absolute atomic E-state index is 0.00569. The lowest BCUT2D eigenvalue weighted by atomic mass is 10.1. The van der Waals surface area contributed by atoms with Crippen LogP contribution in [0.4, 0.5) is 14.9 Å². The summed E-state index contributed by atoms with van der Waals surface area (Å²) >= 11 is 0. The van der Waals surface area contributed by atoms with Crippen LogP contribution in [0, 0.1) is 17.1 Å². The average Bonchev–Trinajstić information content (AvgIpc) is 2.74. The summed E-state index contributed by atoms with van der Waals surface area (Å²) in [6.07, 6.45) is 0.371. The van der Waals surface area contributed by atoms with E-state index in [2.05, 4.69) is 10.3 Å². The van der Waals surface area contributed by atoms with Crippen LogP contribution in [-0.2, 0) is 9.47 Å². The molecule has 0 unspecified atom stereocenters. The number of aromatic nitrogens is 1. The fourth-order valence-corrected chi connectivity index (χ4v) is 2.99. The Morgan fingerprint density at radius 2 is 2.10 bits per heavy atom. The monoisotopic (exact) mass is 426 g/mol. The maximum atomic E-state index is 14.7. The Hall–Kier alpha value is -3.51. The summed E-state index contributed by atoms with van der Waals surface area (Å²) in [4.78, 5) is 30.1. The van der Waals surface area contributed by atoms with Gasteiger partial charge in [0.05, 0.1) is 30.5 Å². The van der Waals surface area contributed by atoms with Crippen LogP contribution in [0.1, 0.15) is 48.5 Å². The minimum Gasteiger partial charge on any atom is -0.444 e. The lowest BCUT2D eigenvalue weighted by Gasteiger charge is -2.34. The molecule has 0 radical (unpaired) electrons. The largest absolute Gasteiger partial charge is 0.444 e. The molecule has 8 nitrogen and oxygen atoms in total. The summed E-state index contributed by atoms with van der Waals surface area (Å²) < 4.78 is 25.7. The summed E-state index contributed by atoms with van der Waals surface area (Å²) in [6.45, 7) is 6.28. The molecular weight excluding hydrogens is 403 g/mol. The van der Waals surface area contributed by atoms with E-state index in [0.717, 1.165) is 0 Å². The van der Waals surface area contributed by atoms with Crippen molar-refractivity contribution >= 4 is 17.7 Å². The van der Waals surface area contributed by atoms with E-state index in [4.69, 9.17) is 14.7 Å². The fourth-order valence-electron chi connectivity index (χ4n) is 2.99. The number of ether oxygens (including phenoxy) is 2. The van der Waals surface area contributed by atoms with Gasteiger partial charge in [0.15, 0.2) is 0 Å². The highest BCUT2D eigenvalue weighted by Gasteiger charge is 2.29. The van der Waals surface area contributed by atoms with Crippen LogP contribution in [0.15, 0.2) is 36.5 Å². The molecule has 2 heterocycles. The molecule has 0 saturated carbocycles. The van der Waals surface area contributed by atoms with Gasteiger partial charge in [-0.25, -0.2) is 9.18 Å². The molecule has 162 valence electrons. The molecular formula is C22H23FN4O4. The Kier molecular flexibility index (Phi) is 6.51. The summed E-state index contributed by atoms with van der Waals surface area (Å²) in [5.74, 6) is -1.28. The number of hydrogen-bond donors (Lipinski definition) is 1. The Labute approximate surface area is 179 Å². The van der Waals surface area contributed by atoms with Gasteiger partial charge in [-0.15, -0.1) is 0 Å². The SMILES string of the molecule is CC(C)(C)OC(=O)N1CCO[C@@H](c2ccc(NC(=O)c3cc(C#N)ccn3)c(F)c2)C1. The lowest BCUT2D eigenvalue weighted by molar-refractivity contribution is -0.0433. The first-order chi connectivity index (χ1) is 14.7. The first kappa shape index (κ1) is 22.2. The molecule has 1 saturated heterocycles. The number of rotatable bonds is 3. The Bertz CT molecular complexity index is 1030. The van der Waals surface area contributed by atoms with Crippen LogP contribution in [0.5, 0.6) is 0 Å². The molecule has 1 aliphatic heterocycles. The van der Waals surface area contributed by atoms with Crippen molar-refractivity contribution in [3.8, 4) is 6.07 Å². The normalized spacial score (nSPS) is 16.4. The number of nitrogens with zero attached hydrogens (tertiary/aromatic N) is 3. The van der Waals surface area contributed by atoms with Crippen molar-refractivity contribution in [2.24, 2.45) is 0 Å². The Morgan fingerprint density at radius 3 is 2.77 bits per heavy atom. The predicted octanol–water partition coefficient (Wildman–Crippen LogP) is 3.65. The van der Waals surface area contributed by atoms with Gasteiger partial charge in [-0.2, -0.15) is 5.26 Å². The van der Waals surface area contributed by atoms with E-state index in [-0.39, 0.29) is 23.5 Å². The zero-order valence-electron chi connectivity index (χ0n) is 17.5. The van der Waals surface area contributed by atoms with Crippen molar-refractivity contribution in [2.75, 3.05) is 25.0 Å². The van der Waals surface area contributed by atoms with Crippen LogP contribution in [0.3, 0.4) is 0 Å². The standard InChI is InChI=1S/C22H23FN4O4/c1-22(2,3)31-21(29)27-8-9-30-19(13-27)15-4-5-17(16(23)11-15)26-20(28)18-10-14(12-24)6-7-25-18/h4-7,10-11,19H,8-9,13H2,1-3H3,(H,26,28)/t19-/m1/s1. The number of morpholine rings is 1. The molecule has 31 heavy (non-hydrogen) atoms. The summed E-state index contributed by atoms with van der Waals surface area (Å²) in [5.41, 5.74) is 0.176. The number of pyridine rings is 1. The van der Waals surface area contributed by atoms with Crippen molar-refractivity contribution in [1.29, 1.82) is 5.26 Å². The summed E-state index contributed by atoms with van der Waals surface area (Å²) in [6, 6.07) is 9.02. The highest BCUT2D eigenvalue weighted by atomic mass is 19.1. The smallest absolute Gasteiger partial charge is 0.410 e. The molecule has 3 rings (SSSR count). The lowest BCUT2D eigenvalue weighted by Crippen LogP contribution is -2.44. The second kappa shape index (κ2) is 9.10. The van der Waals surface area contributed by atoms with Crippen molar-refractivity contribution < 1.29 is 23.5 Å². The number of amides is 2. The maximum absolute atomic E-state index is 14.7. The number of carbonyl (C=O) groups excluding carboxylic acids is 2. The number of benzene rings is 1. The van der Waals surface area contributed by atoms with Gasteiger partial charge in [-0.1, -0.05) is 6.07 Å². The van der Waals surface area contributed by atoms with Crippen LogP contribution in [0.25, 0.3) is 0 Å². The number of nitriles is 1. The number of anilines is 1. The zero-order chi connectivity index (χ0) is 22.6. The maximum Gasteiger partial charge on any atom is 0.410 e. The molecule has 1 N–H and O–H groups in total. The summed E-state index contributed by atoms with van der Waals surface area (Å²) in [7, 11) is 0. The van der Waals surface area contributed by atoms with Gasteiger partial charge in [0.25, 0.3) is 5.91 Å². The van der Waals surface area contributed by atoms with Crippen LogP contribution >= 0.6 is 0 Å². The topological polar surface area (TPSA) is 105 Å².